The topological polar surface area (TPSA) is 28.2 Å². The first-order chi connectivity index (χ1) is 13.3. The van der Waals surface area contributed by atoms with Crippen molar-refractivity contribution in [2.75, 3.05) is 13.6 Å². The van der Waals surface area contributed by atoms with Gasteiger partial charge in [-0.05, 0) is 48.2 Å². The fourth-order valence-electron chi connectivity index (χ4n) is 4.17. The Morgan fingerprint density at radius 3 is 2.22 bits per heavy atom. The lowest BCUT2D eigenvalue weighted by Gasteiger charge is -2.39. The van der Waals surface area contributed by atoms with Crippen LogP contribution < -0.4 is 5.32 Å². The molecule has 0 radical (unpaired) electrons. The summed E-state index contributed by atoms with van der Waals surface area (Å²) in [5.74, 6) is 0. The summed E-state index contributed by atoms with van der Waals surface area (Å²) in [6.45, 7) is 2.77. The molecule has 1 aliphatic rings. The second-order valence-electron chi connectivity index (χ2n) is 7.65. The van der Waals surface area contributed by atoms with Gasteiger partial charge in [-0.25, -0.2) is 0 Å². The molecule has 0 atom stereocenters. The zero-order valence-electron chi connectivity index (χ0n) is 15.9. The summed E-state index contributed by atoms with van der Waals surface area (Å²) in [6, 6.07) is 23.8. The van der Waals surface area contributed by atoms with Gasteiger partial charge in [0.15, 0.2) is 0 Å². The minimum Gasteiger partial charge on any atom is -0.311 e. The maximum absolute atomic E-state index is 4.23. The lowest BCUT2D eigenvalue weighted by molar-refractivity contribution is 0.117. The van der Waals surface area contributed by atoms with E-state index >= 15 is 0 Å². The molecule has 138 valence electrons. The van der Waals surface area contributed by atoms with E-state index in [1.807, 2.05) is 18.5 Å². The van der Waals surface area contributed by atoms with Crippen LogP contribution in [0.25, 0.3) is 0 Å². The predicted molar refractivity (Wildman–Crippen MR) is 110 cm³/mol. The molecule has 27 heavy (non-hydrogen) atoms. The van der Waals surface area contributed by atoms with Gasteiger partial charge in [-0.3, -0.25) is 9.88 Å². The molecule has 3 aromatic rings. The van der Waals surface area contributed by atoms with Crippen molar-refractivity contribution in [1.82, 2.24) is 15.2 Å². The largest absolute Gasteiger partial charge is 0.311 e. The molecule has 3 nitrogen and oxygen atoms in total. The van der Waals surface area contributed by atoms with Crippen molar-refractivity contribution in [1.29, 1.82) is 0 Å². The van der Waals surface area contributed by atoms with Crippen LogP contribution in [-0.2, 0) is 25.9 Å². The Hall–Kier alpha value is -2.49. The molecule has 1 N–H and O–H groups in total. The van der Waals surface area contributed by atoms with E-state index in [2.05, 4.69) is 82.9 Å². The van der Waals surface area contributed by atoms with Crippen molar-refractivity contribution in [3.63, 3.8) is 0 Å². The number of rotatable bonds is 7. The van der Waals surface area contributed by atoms with Gasteiger partial charge in [-0.15, -0.1) is 0 Å². The number of nitrogens with one attached hydrogen (secondary N) is 1. The van der Waals surface area contributed by atoms with Crippen LogP contribution >= 0.6 is 0 Å². The molecule has 4 rings (SSSR count). The molecule has 2 aromatic carbocycles. The SMILES string of the molecule is CN(Cc1ccccc1)C1(CNCc2cccnc2)Cc2ccccc2C1. The Labute approximate surface area is 162 Å². The fraction of sp³-hybridized carbons (Fsp3) is 0.292. The molecule has 1 heterocycles. The Kier molecular flexibility index (Phi) is 5.33. The second-order valence-corrected chi connectivity index (χ2v) is 7.65. The third-order valence-electron chi connectivity index (χ3n) is 5.74. The van der Waals surface area contributed by atoms with E-state index in [1.54, 1.807) is 0 Å². The summed E-state index contributed by atoms with van der Waals surface area (Å²) in [5.41, 5.74) is 5.67. The first-order valence-electron chi connectivity index (χ1n) is 9.67. The summed E-state index contributed by atoms with van der Waals surface area (Å²) in [7, 11) is 2.27. The summed E-state index contributed by atoms with van der Waals surface area (Å²) in [5, 5.41) is 3.70. The zero-order chi connectivity index (χ0) is 18.5. The van der Waals surface area contributed by atoms with Crippen molar-refractivity contribution in [2.45, 2.75) is 31.5 Å². The Morgan fingerprint density at radius 2 is 1.56 bits per heavy atom. The first-order valence-corrected chi connectivity index (χ1v) is 9.67. The van der Waals surface area contributed by atoms with Crippen LogP contribution in [0.4, 0.5) is 0 Å². The normalized spacial score (nSPS) is 15.0. The monoisotopic (exact) mass is 357 g/mol. The molecule has 0 bridgehead atoms. The van der Waals surface area contributed by atoms with Crippen molar-refractivity contribution in [2.24, 2.45) is 0 Å². The van der Waals surface area contributed by atoms with E-state index in [-0.39, 0.29) is 5.54 Å². The van der Waals surface area contributed by atoms with Gasteiger partial charge in [-0.2, -0.15) is 0 Å². The van der Waals surface area contributed by atoms with Crippen LogP contribution in [-0.4, -0.2) is 29.0 Å². The van der Waals surface area contributed by atoms with Crippen molar-refractivity contribution >= 4 is 0 Å². The number of likely N-dealkylation sites (N-methyl/N-ethyl adjacent to an activating group) is 1. The number of aromatic nitrogens is 1. The van der Waals surface area contributed by atoms with Gasteiger partial charge in [0.05, 0.1) is 0 Å². The molecule has 0 unspecified atom stereocenters. The molecule has 1 aromatic heterocycles. The van der Waals surface area contributed by atoms with Gasteiger partial charge >= 0.3 is 0 Å². The predicted octanol–water partition coefficient (Wildman–Crippen LogP) is 3.84. The Bertz CT molecular complexity index is 836. The van der Waals surface area contributed by atoms with E-state index in [9.17, 15) is 0 Å². The fourth-order valence-corrected chi connectivity index (χ4v) is 4.17. The highest BCUT2D eigenvalue weighted by Crippen LogP contribution is 2.34. The minimum atomic E-state index is 0.0989. The average molecular weight is 358 g/mol. The molecule has 0 saturated heterocycles. The zero-order valence-corrected chi connectivity index (χ0v) is 15.9. The van der Waals surface area contributed by atoms with E-state index < -0.39 is 0 Å². The molecule has 1 aliphatic carbocycles. The Morgan fingerprint density at radius 1 is 0.889 bits per heavy atom. The number of hydrogen-bond donors (Lipinski definition) is 1. The highest BCUT2D eigenvalue weighted by Gasteiger charge is 2.40. The average Bonchev–Trinajstić information content (AvgIpc) is 3.09. The summed E-state index contributed by atoms with van der Waals surface area (Å²) in [4.78, 5) is 6.77. The highest BCUT2D eigenvalue weighted by atomic mass is 15.2. The first kappa shape index (κ1) is 17.9. The number of fused-ring (bicyclic) bond motifs is 1. The van der Waals surface area contributed by atoms with E-state index in [0.717, 1.165) is 32.5 Å². The Balaban J connectivity index is 1.51. The third kappa shape index (κ3) is 4.10. The summed E-state index contributed by atoms with van der Waals surface area (Å²) >= 11 is 0. The van der Waals surface area contributed by atoms with E-state index in [0.29, 0.717) is 0 Å². The third-order valence-corrected chi connectivity index (χ3v) is 5.74. The molecule has 0 aliphatic heterocycles. The summed E-state index contributed by atoms with van der Waals surface area (Å²) in [6.07, 6.45) is 5.95. The maximum Gasteiger partial charge on any atom is 0.0415 e. The van der Waals surface area contributed by atoms with Gasteiger partial charge in [0.1, 0.15) is 0 Å². The quantitative estimate of drug-likeness (QED) is 0.696. The molecular formula is C24H27N3. The van der Waals surface area contributed by atoms with Gasteiger partial charge in [-0.1, -0.05) is 60.7 Å². The van der Waals surface area contributed by atoms with Crippen molar-refractivity contribution < 1.29 is 0 Å². The highest BCUT2D eigenvalue weighted by molar-refractivity contribution is 5.37. The lowest BCUT2D eigenvalue weighted by Crippen LogP contribution is -2.53. The number of benzene rings is 2. The van der Waals surface area contributed by atoms with Crippen LogP contribution in [0.5, 0.6) is 0 Å². The molecule has 0 amide bonds. The number of nitrogens with zero attached hydrogens (tertiary/aromatic N) is 2. The van der Waals surface area contributed by atoms with Crippen LogP contribution in [0.1, 0.15) is 22.3 Å². The summed E-state index contributed by atoms with van der Waals surface area (Å²) < 4.78 is 0. The molecule has 0 saturated carbocycles. The van der Waals surface area contributed by atoms with Gasteiger partial charge < -0.3 is 5.32 Å². The number of pyridine rings is 1. The standard InChI is InChI=1S/C24H27N3/c1-27(18-20-8-3-2-4-9-20)24(14-22-11-5-6-12-23(22)15-24)19-26-17-21-10-7-13-25-16-21/h2-13,16,26H,14-15,17-19H2,1H3. The second kappa shape index (κ2) is 8.03. The molecule has 0 fully saturated rings. The van der Waals surface area contributed by atoms with Gasteiger partial charge in [0, 0.05) is 37.6 Å². The van der Waals surface area contributed by atoms with Gasteiger partial charge in [0.25, 0.3) is 0 Å². The van der Waals surface area contributed by atoms with E-state index in [4.69, 9.17) is 0 Å². The van der Waals surface area contributed by atoms with Crippen molar-refractivity contribution in [3.8, 4) is 0 Å². The minimum absolute atomic E-state index is 0.0989. The van der Waals surface area contributed by atoms with Crippen molar-refractivity contribution in [3.05, 3.63) is 101 Å². The molecule has 0 spiro atoms. The number of hydrogen-bond acceptors (Lipinski definition) is 3. The van der Waals surface area contributed by atoms with Crippen LogP contribution in [0.2, 0.25) is 0 Å². The molecular weight excluding hydrogens is 330 g/mol. The van der Waals surface area contributed by atoms with Crippen LogP contribution in [0.15, 0.2) is 79.1 Å². The maximum atomic E-state index is 4.23. The smallest absolute Gasteiger partial charge is 0.0415 e. The van der Waals surface area contributed by atoms with Crippen LogP contribution in [0.3, 0.4) is 0 Å². The van der Waals surface area contributed by atoms with Crippen LogP contribution in [0, 0.1) is 0 Å². The molecule has 3 heteroatoms. The lowest BCUT2D eigenvalue weighted by atomic mass is 9.92. The van der Waals surface area contributed by atoms with Gasteiger partial charge in [0.2, 0.25) is 0 Å². The van der Waals surface area contributed by atoms with E-state index in [1.165, 1.54) is 22.3 Å².